The minimum Gasteiger partial charge on any atom is -0.497 e. The molecule has 0 radical (unpaired) electrons. The molecule has 4 heteroatoms. The van der Waals surface area contributed by atoms with Crippen molar-refractivity contribution in [3.8, 4) is 11.5 Å². The molecule has 0 unspecified atom stereocenters. The first-order chi connectivity index (χ1) is 9.72. The molecule has 0 amide bonds. The van der Waals surface area contributed by atoms with Crippen molar-refractivity contribution in [3.63, 3.8) is 0 Å². The first kappa shape index (κ1) is 14.1. The zero-order valence-electron chi connectivity index (χ0n) is 11.6. The van der Waals surface area contributed by atoms with Gasteiger partial charge in [-0.25, -0.2) is 0 Å². The Labute approximate surface area is 118 Å². The van der Waals surface area contributed by atoms with Gasteiger partial charge in [-0.1, -0.05) is 12.1 Å². The molecule has 0 aliphatic carbocycles. The lowest BCUT2D eigenvalue weighted by atomic mass is 10.0. The van der Waals surface area contributed by atoms with E-state index in [-0.39, 0.29) is 5.78 Å². The number of hydrogen-bond donors (Lipinski definition) is 0. The summed E-state index contributed by atoms with van der Waals surface area (Å²) in [4.78, 5) is 16.1. The Kier molecular flexibility index (Phi) is 4.71. The summed E-state index contributed by atoms with van der Waals surface area (Å²) in [5, 5.41) is 0. The van der Waals surface area contributed by atoms with Crippen LogP contribution < -0.4 is 9.47 Å². The van der Waals surface area contributed by atoms with Crippen molar-refractivity contribution >= 4 is 5.78 Å². The summed E-state index contributed by atoms with van der Waals surface area (Å²) >= 11 is 0. The van der Waals surface area contributed by atoms with Crippen molar-refractivity contribution in [1.29, 1.82) is 0 Å². The minimum absolute atomic E-state index is 0.0622. The number of hydrogen-bond acceptors (Lipinski definition) is 4. The van der Waals surface area contributed by atoms with Gasteiger partial charge >= 0.3 is 0 Å². The summed E-state index contributed by atoms with van der Waals surface area (Å²) in [7, 11) is 3.19. The van der Waals surface area contributed by atoms with Crippen molar-refractivity contribution in [2.75, 3.05) is 14.2 Å². The number of ketones is 1. The molecule has 0 atom stereocenters. The molecule has 2 aromatic rings. The number of rotatable bonds is 6. The molecule has 104 valence electrons. The molecule has 0 aliphatic rings. The zero-order chi connectivity index (χ0) is 14.4. The fraction of sp³-hybridized carbons (Fsp3) is 0.250. The van der Waals surface area contributed by atoms with E-state index in [2.05, 4.69) is 4.98 Å². The van der Waals surface area contributed by atoms with Gasteiger partial charge in [0.25, 0.3) is 0 Å². The van der Waals surface area contributed by atoms with Crippen LogP contribution in [0.5, 0.6) is 11.5 Å². The highest BCUT2D eigenvalue weighted by atomic mass is 16.5. The molecular weight excluding hydrogens is 254 g/mol. The second-order valence-electron chi connectivity index (χ2n) is 4.38. The van der Waals surface area contributed by atoms with Gasteiger partial charge in [0, 0.05) is 18.2 Å². The molecule has 4 nitrogen and oxygen atoms in total. The third-order valence-corrected chi connectivity index (χ3v) is 3.07. The van der Waals surface area contributed by atoms with E-state index in [9.17, 15) is 4.79 Å². The number of benzene rings is 1. The van der Waals surface area contributed by atoms with Gasteiger partial charge in [-0.3, -0.25) is 9.78 Å². The van der Waals surface area contributed by atoms with Crippen LogP contribution in [0.1, 0.15) is 22.3 Å². The summed E-state index contributed by atoms with van der Waals surface area (Å²) in [6.45, 7) is 0. The molecule has 20 heavy (non-hydrogen) atoms. The van der Waals surface area contributed by atoms with Crippen molar-refractivity contribution in [2.24, 2.45) is 0 Å². The quantitative estimate of drug-likeness (QED) is 0.758. The van der Waals surface area contributed by atoms with Crippen LogP contribution in [-0.2, 0) is 6.42 Å². The third kappa shape index (κ3) is 3.57. The molecular formula is C16H17NO3. The van der Waals surface area contributed by atoms with Crippen molar-refractivity contribution in [1.82, 2.24) is 4.98 Å². The van der Waals surface area contributed by atoms with Gasteiger partial charge in [0.15, 0.2) is 5.78 Å². The summed E-state index contributed by atoms with van der Waals surface area (Å²) in [6, 6.07) is 9.44. The first-order valence-corrected chi connectivity index (χ1v) is 6.38. The Balaban J connectivity index is 1.97. The van der Waals surface area contributed by atoms with E-state index in [1.54, 1.807) is 32.7 Å². The van der Waals surface area contributed by atoms with E-state index in [0.29, 0.717) is 24.2 Å². The monoisotopic (exact) mass is 271 g/mol. The van der Waals surface area contributed by atoms with Crippen LogP contribution in [-0.4, -0.2) is 25.0 Å². The van der Waals surface area contributed by atoms with Gasteiger partial charge in [-0.05, 0) is 30.2 Å². The van der Waals surface area contributed by atoms with Crippen LogP contribution >= 0.6 is 0 Å². The summed E-state index contributed by atoms with van der Waals surface area (Å²) in [5.41, 5.74) is 1.69. The van der Waals surface area contributed by atoms with Crippen LogP contribution in [0.2, 0.25) is 0 Å². The molecule has 0 bridgehead atoms. The number of ether oxygens (including phenoxy) is 2. The lowest BCUT2D eigenvalue weighted by Crippen LogP contribution is -2.02. The lowest BCUT2D eigenvalue weighted by Gasteiger charge is -2.05. The average molecular weight is 271 g/mol. The molecule has 1 aromatic carbocycles. The number of methoxy groups -OCH3 is 2. The summed E-state index contributed by atoms with van der Waals surface area (Å²) < 4.78 is 10.2. The van der Waals surface area contributed by atoms with Crippen molar-refractivity contribution in [3.05, 3.63) is 53.9 Å². The summed E-state index contributed by atoms with van der Waals surface area (Å²) in [6.07, 6.45) is 4.29. The Bertz CT molecular complexity index is 579. The molecule has 0 fully saturated rings. The molecule has 0 N–H and O–H groups in total. The highest BCUT2D eigenvalue weighted by Crippen LogP contribution is 2.15. The van der Waals surface area contributed by atoms with Crippen LogP contribution in [0.4, 0.5) is 0 Å². The largest absolute Gasteiger partial charge is 0.497 e. The molecule has 0 spiro atoms. The van der Waals surface area contributed by atoms with Crippen LogP contribution in [0.15, 0.2) is 42.7 Å². The van der Waals surface area contributed by atoms with Crippen LogP contribution in [0.25, 0.3) is 0 Å². The van der Waals surface area contributed by atoms with Gasteiger partial charge in [0.2, 0.25) is 0 Å². The second-order valence-corrected chi connectivity index (χ2v) is 4.38. The molecule has 0 saturated heterocycles. The van der Waals surface area contributed by atoms with Gasteiger partial charge < -0.3 is 9.47 Å². The Morgan fingerprint density at radius 3 is 2.40 bits per heavy atom. The Morgan fingerprint density at radius 2 is 1.75 bits per heavy atom. The van der Waals surface area contributed by atoms with Crippen LogP contribution in [0.3, 0.4) is 0 Å². The number of aromatic nitrogens is 1. The van der Waals surface area contributed by atoms with E-state index in [1.807, 2.05) is 24.3 Å². The number of carbonyl (C=O) groups is 1. The fourth-order valence-electron chi connectivity index (χ4n) is 1.88. The smallest absolute Gasteiger partial charge is 0.164 e. The molecule has 0 saturated carbocycles. The SMILES string of the molecule is COc1ccc(CCC(=O)c2cncc(OC)c2)cc1. The first-order valence-electron chi connectivity index (χ1n) is 6.38. The third-order valence-electron chi connectivity index (χ3n) is 3.07. The fourth-order valence-corrected chi connectivity index (χ4v) is 1.88. The highest BCUT2D eigenvalue weighted by molar-refractivity contribution is 5.96. The van der Waals surface area contributed by atoms with Gasteiger partial charge in [-0.15, -0.1) is 0 Å². The number of aryl methyl sites for hydroxylation is 1. The summed E-state index contributed by atoms with van der Waals surface area (Å²) in [5.74, 6) is 1.48. The number of nitrogens with zero attached hydrogens (tertiary/aromatic N) is 1. The van der Waals surface area contributed by atoms with Crippen LogP contribution in [0, 0.1) is 0 Å². The Hall–Kier alpha value is -2.36. The van der Waals surface area contributed by atoms with Crippen molar-refractivity contribution < 1.29 is 14.3 Å². The molecule has 1 heterocycles. The van der Waals surface area contributed by atoms with E-state index < -0.39 is 0 Å². The van der Waals surface area contributed by atoms with E-state index in [0.717, 1.165) is 11.3 Å². The van der Waals surface area contributed by atoms with Gasteiger partial charge in [0.05, 0.1) is 20.4 Å². The maximum Gasteiger partial charge on any atom is 0.164 e. The number of carbonyl (C=O) groups excluding carboxylic acids is 1. The average Bonchev–Trinajstić information content (AvgIpc) is 2.53. The minimum atomic E-state index is 0.0622. The standard InChI is InChI=1S/C16H17NO3/c1-19-14-6-3-12(4-7-14)5-8-16(18)13-9-15(20-2)11-17-10-13/h3-4,6-7,9-11H,5,8H2,1-2H3. The molecule has 0 aliphatic heterocycles. The molecule has 1 aromatic heterocycles. The second kappa shape index (κ2) is 6.70. The zero-order valence-corrected chi connectivity index (χ0v) is 11.6. The van der Waals surface area contributed by atoms with E-state index in [1.165, 1.54) is 0 Å². The topological polar surface area (TPSA) is 48.4 Å². The van der Waals surface area contributed by atoms with E-state index in [4.69, 9.17) is 9.47 Å². The maximum absolute atomic E-state index is 12.1. The van der Waals surface area contributed by atoms with Gasteiger partial charge in [0.1, 0.15) is 11.5 Å². The predicted octanol–water partition coefficient (Wildman–Crippen LogP) is 2.91. The predicted molar refractivity (Wildman–Crippen MR) is 76.4 cm³/mol. The lowest BCUT2D eigenvalue weighted by molar-refractivity contribution is 0.0982. The number of pyridine rings is 1. The van der Waals surface area contributed by atoms with Crippen molar-refractivity contribution in [2.45, 2.75) is 12.8 Å². The maximum atomic E-state index is 12.1. The van der Waals surface area contributed by atoms with E-state index >= 15 is 0 Å². The highest BCUT2D eigenvalue weighted by Gasteiger charge is 2.08. The number of Topliss-reactive ketones (excluding diaryl/α,β-unsaturated/α-hetero) is 1. The normalized spacial score (nSPS) is 10.1. The Morgan fingerprint density at radius 1 is 1.05 bits per heavy atom. The molecule has 2 rings (SSSR count). The van der Waals surface area contributed by atoms with Gasteiger partial charge in [-0.2, -0.15) is 0 Å².